The van der Waals surface area contributed by atoms with E-state index >= 15 is 0 Å². The molecule has 5 heteroatoms. The molecule has 0 bridgehead atoms. The van der Waals surface area contributed by atoms with Crippen molar-refractivity contribution in [2.45, 2.75) is 39.0 Å². The van der Waals surface area contributed by atoms with Gasteiger partial charge in [0.25, 0.3) is 0 Å². The predicted molar refractivity (Wildman–Crippen MR) is 109 cm³/mol. The van der Waals surface area contributed by atoms with Crippen molar-refractivity contribution in [3.8, 4) is 17.2 Å². The number of carbonyl (C=O) groups excluding carboxylic acids is 1. The van der Waals surface area contributed by atoms with Gasteiger partial charge in [0.05, 0.1) is 6.54 Å². The Labute approximate surface area is 167 Å². The molecule has 0 saturated carbocycles. The van der Waals surface area contributed by atoms with Crippen LogP contribution in [0.4, 0.5) is 0 Å². The standard InChI is InChI=1S/C23H29NO4/c1-23(2,3)18-6-4-5-7-19(18)26-13-12-24-22(25)11-9-17-8-10-20-21(16-17)28-15-14-27-20/h4-8,10,16H,9,11-15H2,1-3H3,(H,24,25). The fourth-order valence-electron chi connectivity index (χ4n) is 3.15. The highest BCUT2D eigenvalue weighted by Gasteiger charge is 2.18. The van der Waals surface area contributed by atoms with Gasteiger partial charge in [-0.2, -0.15) is 0 Å². The van der Waals surface area contributed by atoms with Gasteiger partial charge in [-0.3, -0.25) is 4.79 Å². The van der Waals surface area contributed by atoms with E-state index in [1.165, 1.54) is 5.56 Å². The maximum atomic E-state index is 12.1. The van der Waals surface area contributed by atoms with Crippen molar-refractivity contribution in [3.05, 3.63) is 53.6 Å². The van der Waals surface area contributed by atoms with Crippen molar-refractivity contribution in [1.82, 2.24) is 5.32 Å². The summed E-state index contributed by atoms with van der Waals surface area (Å²) in [5.74, 6) is 2.42. The molecule has 0 saturated heterocycles. The molecule has 1 heterocycles. The van der Waals surface area contributed by atoms with E-state index in [4.69, 9.17) is 14.2 Å². The molecular weight excluding hydrogens is 354 g/mol. The van der Waals surface area contributed by atoms with Gasteiger partial charge >= 0.3 is 0 Å². The highest BCUT2D eigenvalue weighted by atomic mass is 16.6. The molecular formula is C23H29NO4. The molecule has 5 nitrogen and oxygen atoms in total. The first kappa shape index (κ1) is 20.1. The summed E-state index contributed by atoms with van der Waals surface area (Å²) in [4.78, 5) is 12.1. The average Bonchev–Trinajstić information content (AvgIpc) is 2.69. The van der Waals surface area contributed by atoms with Gasteiger partial charge in [0, 0.05) is 6.42 Å². The Morgan fingerprint density at radius 3 is 2.61 bits per heavy atom. The monoisotopic (exact) mass is 383 g/mol. The van der Waals surface area contributed by atoms with E-state index in [1.807, 2.05) is 36.4 Å². The Balaban J connectivity index is 1.41. The third kappa shape index (κ3) is 5.41. The molecule has 0 spiro atoms. The van der Waals surface area contributed by atoms with Crippen LogP contribution >= 0.6 is 0 Å². The number of carbonyl (C=O) groups is 1. The minimum absolute atomic E-state index is 0.0163. The maximum absolute atomic E-state index is 12.1. The van der Waals surface area contributed by atoms with Crippen LogP contribution in [0.2, 0.25) is 0 Å². The molecule has 0 aromatic heterocycles. The number of amides is 1. The number of para-hydroxylation sites is 1. The van der Waals surface area contributed by atoms with Gasteiger partial charge in [0.1, 0.15) is 25.6 Å². The second kappa shape index (κ2) is 9.00. The van der Waals surface area contributed by atoms with Crippen LogP contribution in [0.5, 0.6) is 17.2 Å². The molecule has 150 valence electrons. The summed E-state index contributed by atoms with van der Waals surface area (Å²) >= 11 is 0. The lowest BCUT2D eigenvalue weighted by Crippen LogP contribution is -2.28. The van der Waals surface area contributed by atoms with Crippen molar-refractivity contribution >= 4 is 5.91 Å². The summed E-state index contributed by atoms with van der Waals surface area (Å²) < 4.78 is 17.0. The Morgan fingerprint density at radius 2 is 1.82 bits per heavy atom. The quantitative estimate of drug-likeness (QED) is 0.737. The van der Waals surface area contributed by atoms with E-state index in [0.717, 1.165) is 22.8 Å². The predicted octanol–water partition coefficient (Wildman–Crippen LogP) is 3.88. The molecule has 2 aromatic carbocycles. The molecule has 28 heavy (non-hydrogen) atoms. The summed E-state index contributed by atoms with van der Waals surface area (Å²) in [6.07, 6.45) is 1.09. The summed E-state index contributed by atoms with van der Waals surface area (Å²) in [7, 11) is 0. The number of benzene rings is 2. The van der Waals surface area contributed by atoms with E-state index < -0.39 is 0 Å². The van der Waals surface area contributed by atoms with Crippen LogP contribution in [-0.2, 0) is 16.6 Å². The first-order chi connectivity index (χ1) is 13.4. The molecule has 1 aliphatic heterocycles. The molecule has 1 amide bonds. The fourth-order valence-corrected chi connectivity index (χ4v) is 3.15. The second-order valence-corrected chi connectivity index (χ2v) is 7.92. The fraction of sp³-hybridized carbons (Fsp3) is 0.435. The Kier molecular flexibility index (Phi) is 6.45. The van der Waals surface area contributed by atoms with Crippen LogP contribution in [0.25, 0.3) is 0 Å². The molecule has 0 fully saturated rings. The third-order valence-corrected chi connectivity index (χ3v) is 4.62. The minimum Gasteiger partial charge on any atom is -0.491 e. The maximum Gasteiger partial charge on any atom is 0.220 e. The number of hydrogen-bond donors (Lipinski definition) is 1. The zero-order valence-electron chi connectivity index (χ0n) is 16.9. The van der Waals surface area contributed by atoms with Crippen molar-refractivity contribution in [2.75, 3.05) is 26.4 Å². The van der Waals surface area contributed by atoms with Crippen LogP contribution in [-0.4, -0.2) is 32.3 Å². The highest BCUT2D eigenvalue weighted by Crippen LogP contribution is 2.31. The topological polar surface area (TPSA) is 56.8 Å². The minimum atomic E-state index is 0.0163. The number of nitrogens with one attached hydrogen (secondary N) is 1. The molecule has 1 N–H and O–H groups in total. The Bertz CT molecular complexity index is 810. The van der Waals surface area contributed by atoms with E-state index in [0.29, 0.717) is 39.2 Å². The third-order valence-electron chi connectivity index (χ3n) is 4.62. The van der Waals surface area contributed by atoms with E-state index in [9.17, 15) is 4.79 Å². The number of aryl methyl sites for hydroxylation is 1. The van der Waals surface area contributed by atoms with Crippen molar-refractivity contribution in [3.63, 3.8) is 0 Å². The normalized spacial score (nSPS) is 13.1. The highest BCUT2D eigenvalue weighted by molar-refractivity contribution is 5.76. The molecule has 1 aliphatic rings. The first-order valence-corrected chi connectivity index (χ1v) is 9.81. The summed E-state index contributed by atoms with van der Waals surface area (Å²) in [6, 6.07) is 13.9. The van der Waals surface area contributed by atoms with Crippen LogP contribution in [0, 0.1) is 0 Å². The first-order valence-electron chi connectivity index (χ1n) is 9.81. The number of ether oxygens (including phenoxy) is 3. The van der Waals surface area contributed by atoms with Gasteiger partial charge in [0.2, 0.25) is 5.91 Å². The molecule has 0 atom stereocenters. The van der Waals surface area contributed by atoms with Crippen LogP contribution in [0.1, 0.15) is 38.3 Å². The summed E-state index contributed by atoms with van der Waals surface area (Å²) in [5.41, 5.74) is 2.25. The lowest BCUT2D eigenvalue weighted by atomic mass is 9.86. The largest absolute Gasteiger partial charge is 0.491 e. The Hall–Kier alpha value is -2.69. The second-order valence-electron chi connectivity index (χ2n) is 7.92. The van der Waals surface area contributed by atoms with Crippen LogP contribution < -0.4 is 19.5 Å². The molecule has 0 radical (unpaired) electrons. The number of hydrogen-bond acceptors (Lipinski definition) is 4. The van der Waals surface area contributed by atoms with Gasteiger partial charge < -0.3 is 19.5 Å². The zero-order valence-corrected chi connectivity index (χ0v) is 16.9. The van der Waals surface area contributed by atoms with E-state index in [2.05, 4.69) is 32.2 Å². The van der Waals surface area contributed by atoms with Gasteiger partial charge in [-0.15, -0.1) is 0 Å². The van der Waals surface area contributed by atoms with E-state index in [-0.39, 0.29) is 11.3 Å². The lowest BCUT2D eigenvalue weighted by Gasteiger charge is -2.22. The van der Waals surface area contributed by atoms with Crippen molar-refractivity contribution in [2.24, 2.45) is 0 Å². The van der Waals surface area contributed by atoms with Crippen LogP contribution in [0.3, 0.4) is 0 Å². The smallest absolute Gasteiger partial charge is 0.220 e. The lowest BCUT2D eigenvalue weighted by molar-refractivity contribution is -0.121. The Morgan fingerprint density at radius 1 is 1.07 bits per heavy atom. The van der Waals surface area contributed by atoms with Gasteiger partial charge in [0.15, 0.2) is 11.5 Å². The number of rotatable bonds is 7. The van der Waals surface area contributed by atoms with Crippen molar-refractivity contribution in [1.29, 1.82) is 0 Å². The van der Waals surface area contributed by atoms with Gasteiger partial charge in [-0.1, -0.05) is 45.0 Å². The van der Waals surface area contributed by atoms with E-state index in [1.54, 1.807) is 0 Å². The zero-order chi connectivity index (χ0) is 20.0. The SMILES string of the molecule is CC(C)(C)c1ccccc1OCCNC(=O)CCc1ccc2c(c1)OCCO2. The van der Waals surface area contributed by atoms with Gasteiger partial charge in [-0.25, -0.2) is 0 Å². The van der Waals surface area contributed by atoms with Crippen LogP contribution in [0.15, 0.2) is 42.5 Å². The summed E-state index contributed by atoms with van der Waals surface area (Å²) in [5, 5.41) is 2.92. The summed E-state index contributed by atoms with van der Waals surface area (Å²) in [6.45, 7) is 8.56. The molecule has 0 aliphatic carbocycles. The average molecular weight is 383 g/mol. The number of fused-ring (bicyclic) bond motifs is 1. The van der Waals surface area contributed by atoms with Gasteiger partial charge in [-0.05, 0) is 41.2 Å². The molecule has 2 aromatic rings. The molecule has 0 unspecified atom stereocenters. The molecule has 3 rings (SSSR count). The van der Waals surface area contributed by atoms with Crippen molar-refractivity contribution < 1.29 is 19.0 Å².